The number of halogens is 1. The average Bonchev–Trinajstić information content (AvgIpc) is 2.56. The molecular formula is C17H19FN2O3. The third-order valence-electron chi connectivity index (χ3n) is 4.24. The molecule has 0 radical (unpaired) electrons. The van der Waals surface area contributed by atoms with Crippen LogP contribution < -0.4 is 9.80 Å². The van der Waals surface area contributed by atoms with Gasteiger partial charge in [-0.25, -0.2) is 9.18 Å². The summed E-state index contributed by atoms with van der Waals surface area (Å²) >= 11 is 0. The van der Waals surface area contributed by atoms with Crippen LogP contribution in [0.5, 0.6) is 0 Å². The molecule has 2 heterocycles. The van der Waals surface area contributed by atoms with Gasteiger partial charge < -0.3 is 20.0 Å². The fourth-order valence-corrected chi connectivity index (χ4v) is 2.93. The maximum absolute atomic E-state index is 13.7. The highest BCUT2D eigenvalue weighted by atomic mass is 19.1. The van der Waals surface area contributed by atoms with Crippen molar-refractivity contribution in [2.45, 2.75) is 18.9 Å². The predicted octanol–water partition coefficient (Wildman–Crippen LogP) is 2.13. The van der Waals surface area contributed by atoms with Crippen LogP contribution in [-0.2, 0) is 4.79 Å². The fourth-order valence-electron chi connectivity index (χ4n) is 2.93. The van der Waals surface area contributed by atoms with Gasteiger partial charge in [-0.1, -0.05) is 6.08 Å². The highest BCUT2D eigenvalue weighted by Crippen LogP contribution is 2.33. The van der Waals surface area contributed by atoms with Gasteiger partial charge in [0.15, 0.2) is 0 Å². The van der Waals surface area contributed by atoms with Gasteiger partial charge in [-0.3, -0.25) is 0 Å². The Morgan fingerprint density at radius 1 is 1.22 bits per heavy atom. The number of piperidine rings is 1. The van der Waals surface area contributed by atoms with Crippen LogP contribution in [0.25, 0.3) is 0 Å². The van der Waals surface area contributed by atoms with Crippen LogP contribution in [0.2, 0.25) is 0 Å². The van der Waals surface area contributed by atoms with Crippen molar-refractivity contribution >= 4 is 17.3 Å². The van der Waals surface area contributed by atoms with Crippen LogP contribution in [0.3, 0.4) is 0 Å². The van der Waals surface area contributed by atoms with E-state index in [0.29, 0.717) is 38.2 Å². The van der Waals surface area contributed by atoms with E-state index in [4.69, 9.17) is 5.11 Å². The Labute approximate surface area is 133 Å². The summed E-state index contributed by atoms with van der Waals surface area (Å²) in [4.78, 5) is 14.9. The number of benzene rings is 1. The van der Waals surface area contributed by atoms with Gasteiger partial charge in [0.25, 0.3) is 0 Å². The highest BCUT2D eigenvalue weighted by molar-refractivity contribution is 5.90. The minimum Gasteiger partial charge on any atom is -0.478 e. The van der Waals surface area contributed by atoms with Crippen LogP contribution in [0, 0.1) is 5.82 Å². The lowest BCUT2D eigenvalue weighted by molar-refractivity contribution is -0.132. The van der Waals surface area contributed by atoms with Crippen molar-refractivity contribution in [2.75, 3.05) is 29.4 Å². The van der Waals surface area contributed by atoms with Gasteiger partial charge in [-0.2, -0.15) is 0 Å². The second-order valence-corrected chi connectivity index (χ2v) is 5.78. The first kappa shape index (κ1) is 15.6. The third-order valence-corrected chi connectivity index (χ3v) is 4.24. The van der Waals surface area contributed by atoms with E-state index in [2.05, 4.69) is 4.90 Å². The zero-order valence-corrected chi connectivity index (χ0v) is 12.7. The lowest BCUT2D eigenvalue weighted by Crippen LogP contribution is -2.37. The van der Waals surface area contributed by atoms with Crippen LogP contribution in [0.15, 0.2) is 42.1 Å². The largest absolute Gasteiger partial charge is 0.478 e. The molecule has 2 N–H and O–H groups in total. The quantitative estimate of drug-likeness (QED) is 0.894. The molecule has 6 heteroatoms. The fraction of sp³-hybridized carbons (Fsp3) is 0.353. The highest BCUT2D eigenvalue weighted by Gasteiger charge is 2.22. The number of carboxylic acids is 1. The summed E-state index contributed by atoms with van der Waals surface area (Å²) in [7, 11) is 0. The number of carbonyl (C=O) groups is 1. The number of hydrogen-bond donors (Lipinski definition) is 2. The monoisotopic (exact) mass is 318 g/mol. The minimum absolute atomic E-state index is 0.236. The maximum atomic E-state index is 13.7. The summed E-state index contributed by atoms with van der Waals surface area (Å²) in [5.41, 5.74) is 1.84. The Balaban J connectivity index is 1.86. The van der Waals surface area contributed by atoms with Gasteiger partial charge in [0.1, 0.15) is 5.82 Å². The Hall–Kier alpha value is -2.34. The first-order valence-electron chi connectivity index (χ1n) is 7.65. The molecule has 0 saturated carbocycles. The summed E-state index contributed by atoms with van der Waals surface area (Å²) in [6, 6.07) is 4.63. The van der Waals surface area contributed by atoms with E-state index in [9.17, 15) is 14.3 Å². The Morgan fingerprint density at radius 2 is 1.96 bits per heavy atom. The molecule has 0 spiro atoms. The van der Waals surface area contributed by atoms with Gasteiger partial charge in [0.2, 0.25) is 0 Å². The third kappa shape index (κ3) is 3.37. The van der Waals surface area contributed by atoms with Crippen LogP contribution >= 0.6 is 0 Å². The number of hydrogen-bond acceptors (Lipinski definition) is 4. The molecular weight excluding hydrogens is 299 g/mol. The molecule has 0 aromatic heterocycles. The number of aliphatic hydroxyl groups excluding tert-OH is 1. The topological polar surface area (TPSA) is 64.0 Å². The van der Waals surface area contributed by atoms with E-state index >= 15 is 0 Å². The molecule has 1 aromatic rings. The van der Waals surface area contributed by atoms with E-state index in [1.54, 1.807) is 18.3 Å². The molecule has 0 bridgehead atoms. The number of anilines is 2. The minimum atomic E-state index is -0.967. The normalized spacial score (nSPS) is 19.0. The van der Waals surface area contributed by atoms with Gasteiger partial charge in [-0.05, 0) is 37.1 Å². The standard InChI is InChI=1S/C17H19FN2O3/c18-13-1-2-15(19-9-5-14(21)6-10-19)16(11-13)20-7-3-12(4-8-20)17(22)23/h1-4,7,11,14,21H,5-6,8-10H2,(H,22,23). The van der Waals surface area contributed by atoms with Gasteiger partial charge in [-0.15, -0.1) is 0 Å². The molecule has 0 aliphatic carbocycles. The summed E-state index contributed by atoms with van der Waals surface area (Å²) in [5.74, 6) is -1.30. The van der Waals surface area contributed by atoms with Crippen molar-refractivity contribution in [3.63, 3.8) is 0 Å². The number of aliphatic carboxylic acids is 1. The first-order chi connectivity index (χ1) is 11.0. The SMILES string of the molecule is O=C(O)C1=CCN(c2cc(F)ccc2N2CCC(O)CC2)C=C1. The van der Waals surface area contributed by atoms with E-state index in [0.717, 1.165) is 5.69 Å². The molecule has 0 amide bonds. The smallest absolute Gasteiger partial charge is 0.335 e. The summed E-state index contributed by atoms with van der Waals surface area (Å²) < 4.78 is 13.7. The van der Waals surface area contributed by atoms with Gasteiger partial charge in [0.05, 0.1) is 23.1 Å². The van der Waals surface area contributed by atoms with Crippen molar-refractivity contribution in [3.05, 3.63) is 47.9 Å². The number of nitrogens with zero attached hydrogens (tertiary/aromatic N) is 2. The Kier molecular flexibility index (Phi) is 4.34. The van der Waals surface area contributed by atoms with E-state index in [1.807, 2.05) is 4.90 Å². The number of carboxylic acid groups (broad SMARTS) is 1. The van der Waals surface area contributed by atoms with Crippen LogP contribution in [-0.4, -0.2) is 41.9 Å². The maximum Gasteiger partial charge on any atom is 0.335 e. The summed E-state index contributed by atoms with van der Waals surface area (Å²) in [6.45, 7) is 1.81. The van der Waals surface area contributed by atoms with Gasteiger partial charge in [0, 0.05) is 25.8 Å². The summed E-state index contributed by atoms with van der Waals surface area (Å²) in [5, 5.41) is 18.6. The lowest BCUT2D eigenvalue weighted by atomic mass is 10.1. The van der Waals surface area contributed by atoms with E-state index in [-0.39, 0.29) is 17.5 Å². The van der Waals surface area contributed by atoms with Crippen molar-refractivity contribution in [1.29, 1.82) is 0 Å². The molecule has 0 atom stereocenters. The molecule has 23 heavy (non-hydrogen) atoms. The van der Waals surface area contributed by atoms with Crippen molar-refractivity contribution in [2.24, 2.45) is 0 Å². The summed E-state index contributed by atoms with van der Waals surface area (Å²) in [6.07, 6.45) is 5.90. The zero-order valence-electron chi connectivity index (χ0n) is 12.7. The molecule has 1 fully saturated rings. The molecule has 2 aliphatic rings. The van der Waals surface area contributed by atoms with E-state index in [1.165, 1.54) is 18.2 Å². The predicted molar refractivity (Wildman–Crippen MR) is 86.1 cm³/mol. The first-order valence-corrected chi connectivity index (χ1v) is 7.65. The molecule has 3 rings (SSSR count). The second-order valence-electron chi connectivity index (χ2n) is 5.78. The molecule has 122 valence electrons. The lowest BCUT2D eigenvalue weighted by Gasteiger charge is -2.35. The van der Waals surface area contributed by atoms with Crippen LogP contribution in [0.1, 0.15) is 12.8 Å². The molecule has 5 nitrogen and oxygen atoms in total. The molecule has 1 aromatic carbocycles. The van der Waals surface area contributed by atoms with Crippen LogP contribution in [0.4, 0.5) is 15.8 Å². The Morgan fingerprint density at radius 3 is 2.57 bits per heavy atom. The van der Waals surface area contributed by atoms with Crippen molar-refractivity contribution < 1.29 is 19.4 Å². The average molecular weight is 318 g/mol. The molecule has 0 unspecified atom stereocenters. The molecule has 1 saturated heterocycles. The van der Waals surface area contributed by atoms with Crippen molar-refractivity contribution in [3.8, 4) is 0 Å². The number of rotatable bonds is 3. The Bertz CT molecular complexity index is 664. The zero-order chi connectivity index (χ0) is 16.4. The van der Waals surface area contributed by atoms with Gasteiger partial charge >= 0.3 is 5.97 Å². The number of aliphatic hydroxyl groups is 1. The second kappa shape index (κ2) is 6.42. The van der Waals surface area contributed by atoms with E-state index < -0.39 is 5.97 Å². The molecule has 2 aliphatic heterocycles. The van der Waals surface area contributed by atoms with Crippen molar-refractivity contribution in [1.82, 2.24) is 0 Å².